The van der Waals surface area contributed by atoms with Crippen LogP contribution in [0.25, 0.3) is 11.0 Å². The number of rotatable bonds is 5. The molecule has 0 aliphatic rings. The highest BCUT2D eigenvalue weighted by molar-refractivity contribution is 6.31. The summed E-state index contributed by atoms with van der Waals surface area (Å²) in [4.78, 5) is 24.9. The minimum absolute atomic E-state index is 0.184. The van der Waals surface area contributed by atoms with Gasteiger partial charge in [-0.2, -0.15) is 0 Å². The van der Waals surface area contributed by atoms with Gasteiger partial charge in [0.1, 0.15) is 5.58 Å². The lowest BCUT2D eigenvalue weighted by molar-refractivity contribution is 0.0959. The van der Waals surface area contributed by atoms with Gasteiger partial charge < -0.3 is 15.1 Å². The van der Waals surface area contributed by atoms with E-state index in [0.29, 0.717) is 34.0 Å². The van der Waals surface area contributed by atoms with Crippen molar-refractivity contribution >= 4 is 40.1 Å². The molecule has 0 saturated heterocycles. The number of amides is 2. The molecule has 1 heterocycles. The summed E-state index contributed by atoms with van der Waals surface area (Å²) in [5.41, 5.74) is 2.03. The molecule has 0 atom stereocenters. The van der Waals surface area contributed by atoms with E-state index in [1.807, 2.05) is 0 Å². The van der Waals surface area contributed by atoms with E-state index in [1.54, 1.807) is 55.5 Å². The highest BCUT2D eigenvalue weighted by atomic mass is 35.5. The molecule has 132 valence electrons. The minimum Gasteiger partial charge on any atom is -0.451 e. The van der Waals surface area contributed by atoms with Crippen LogP contribution in [0.4, 0.5) is 5.69 Å². The number of nitrogens with one attached hydrogen (secondary N) is 2. The summed E-state index contributed by atoms with van der Waals surface area (Å²) in [5.74, 6) is -0.545. The van der Waals surface area contributed by atoms with Gasteiger partial charge in [0.05, 0.1) is 11.3 Å². The molecule has 0 spiro atoms. The molecule has 3 rings (SSSR count). The van der Waals surface area contributed by atoms with Crippen LogP contribution in [-0.2, 0) is 0 Å². The number of furan rings is 1. The van der Waals surface area contributed by atoms with E-state index in [-0.39, 0.29) is 11.7 Å². The second-order valence-corrected chi connectivity index (χ2v) is 6.13. The number of halogens is 1. The third kappa shape index (κ3) is 3.48. The highest BCUT2D eigenvalue weighted by Gasteiger charge is 2.20. The first kappa shape index (κ1) is 17.8. The van der Waals surface area contributed by atoms with E-state index in [9.17, 15) is 9.59 Å². The smallest absolute Gasteiger partial charge is 0.291 e. The van der Waals surface area contributed by atoms with Crippen LogP contribution >= 0.6 is 11.6 Å². The zero-order chi connectivity index (χ0) is 18.7. The maximum absolute atomic E-state index is 12.7. The summed E-state index contributed by atoms with van der Waals surface area (Å²) in [7, 11) is 0. The van der Waals surface area contributed by atoms with Gasteiger partial charge in [-0.3, -0.25) is 9.59 Å². The fraction of sp³-hybridized carbons (Fsp3) is 0.100. The number of aryl methyl sites for hydroxylation is 1. The molecule has 26 heavy (non-hydrogen) atoms. The molecule has 0 unspecified atom stereocenters. The molecule has 2 amide bonds. The number of carbonyl (C=O) groups excluding carboxylic acids is 2. The van der Waals surface area contributed by atoms with E-state index in [0.717, 1.165) is 5.39 Å². The molecule has 0 radical (unpaired) electrons. The number of fused-ring (bicyclic) bond motifs is 1. The van der Waals surface area contributed by atoms with Crippen LogP contribution in [0.3, 0.4) is 0 Å². The number of anilines is 1. The summed E-state index contributed by atoms with van der Waals surface area (Å²) in [5, 5.41) is 6.79. The quantitative estimate of drug-likeness (QED) is 0.648. The van der Waals surface area contributed by atoms with Crippen molar-refractivity contribution in [2.45, 2.75) is 6.92 Å². The Morgan fingerprint density at radius 1 is 1.19 bits per heavy atom. The minimum atomic E-state index is -0.432. The Morgan fingerprint density at radius 2 is 1.96 bits per heavy atom. The second kappa shape index (κ2) is 7.45. The van der Waals surface area contributed by atoms with Crippen LogP contribution in [0, 0.1) is 6.92 Å². The Balaban J connectivity index is 1.90. The normalized spacial score (nSPS) is 10.5. The molecule has 0 aliphatic heterocycles. The number of benzene rings is 2. The average molecular weight is 369 g/mol. The van der Waals surface area contributed by atoms with Gasteiger partial charge >= 0.3 is 0 Å². The topological polar surface area (TPSA) is 71.3 Å². The van der Waals surface area contributed by atoms with E-state index >= 15 is 0 Å². The maximum Gasteiger partial charge on any atom is 0.291 e. The van der Waals surface area contributed by atoms with E-state index in [4.69, 9.17) is 16.0 Å². The molecule has 5 nitrogen and oxygen atoms in total. The molecule has 2 N–H and O–H groups in total. The third-order valence-electron chi connectivity index (χ3n) is 3.93. The van der Waals surface area contributed by atoms with Crippen LogP contribution in [0.15, 0.2) is 59.5 Å². The summed E-state index contributed by atoms with van der Waals surface area (Å²) in [6, 6.07) is 11.9. The lowest BCUT2D eigenvalue weighted by Gasteiger charge is -2.10. The van der Waals surface area contributed by atoms with Gasteiger partial charge in [0.2, 0.25) is 0 Å². The predicted molar refractivity (Wildman–Crippen MR) is 103 cm³/mol. The van der Waals surface area contributed by atoms with Gasteiger partial charge in [-0.05, 0) is 37.3 Å². The van der Waals surface area contributed by atoms with Gasteiger partial charge in [0, 0.05) is 22.5 Å². The number of hydrogen-bond acceptors (Lipinski definition) is 3. The standard InChI is InChI=1S/C20H17ClN2O3/c1-3-10-22-19(24)14-6-4-5-7-16(14)23-20(25)18-12(2)15-11-13(21)8-9-17(15)26-18/h3-9,11H,1,10H2,2H3,(H,22,24)(H,23,25). The monoisotopic (exact) mass is 368 g/mol. The summed E-state index contributed by atoms with van der Waals surface area (Å²) in [6.45, 7) is 5.70. The molecule has 6 heteroatoms. The number of para-hydroxylation sites is 1. The van der Waals surface area contributed by atoms with Gasteiger partial charge in [-0.15, -0.1) is 6.58 Å². The Bertz CT molecular complexity index is 1010. The highest BCUT2D eigenvalue weighted by Crippen LogP contribution is 2.28. The van der Waals surface area contributed by atoms with Crippen molar-refractivity contribution in [3.8, 4) is 0 Å². The lowest BCUT2D eigenvalue weighted by Crippen LogP contribution is -2.25. The first-order valence-electron chi connectivity index (χ1n) is 7.99. The van der Waals surface area contributed by atoms with Crippen molar-refractivity contribution in [1.82, 2.24) is 5.32 Å². The lowest BCUT2D eigenvalue weighted by atomic mass is 10.1. The van der Waals surface area contributed by atoms with Crippen molar-refractivity contribution in [2.75, 3.05) is 11.9 Å². The van der Waals surface area contributed by atoms with Gasteiger partial charge in [0.25, 0.3) is 11.8 Å². The zero-order valence-electron chi connectivity index (χ0n) is 14.1. The van der Waals surface area contributed by atoms with E-state index in [1.165, 1.54) is 0 Å². The fourth-order valence-corrected chi connectivity index (χ4v) is 2.81. The van der Waals surface area contributed by atoms with Crippen molar-refractivity contribution in [2.24, 2.45) is 0 Å². The van der Waals surface area contributed by atoms with Crippen molar-refractivity contribution < 1.29 is 14.0 Å². The Kier molecular flexibility index (Phi) is 5.09. The SMILES string of the molecule is C=CCNC(=O)c1ccccc1NC(=O)c1oc2ccc(Cl)cc2c1C. The van der Waals surface area contributed by atoms with Gasteiger partial charge in [0.15, 0.2) is 5.76 Å². The third-order valence-corrected chi connectivity index (χ3v) is 4.17. The molecule has 0 fully saturated rings. The summed E-state index contributed by atoms with van der Waals surface area (Å²) in [6.07, 6.45) is 1.59. The van der Waals surface area contributed by atoms with Gasteiger partial charge in [-0.1, -0.05) is 29.8 Å². The first-order valence-corrected chi connectivity index (χ1v) is 8.37. The largest absolute Gasteiger partial charge is 0.451 e. The summed E-state index contributed by atoms with van der Waals surface area (Å²) >= 11 is 6.01. The molecular weight excluding hydrogens is 352 g/mol. The fourth-order valence-electron chi connectivity index (χ4n) is 2.64. The Labute approximate surface area is 155 Å². The molecule has 3 aromatic rings. The summed E-state index contributed by atoms with van der Waals surface area (Å²) < 4.78 is 5.67. The Hall–Kier alpha value is -3.05. The van der Waals surface area contributed by atoms with Crippen molar-refractivity contribution in [3.63, 3.8) is 0 Å². The van der Waals surface area contributed by atoms with Crippen LogP contribution in [0.1, 0.15) is 26.5 Å². The van der Waals surface area contributed by atoms with E-state index < -0.39 is 5.91 Å². The second-order valence-electron chi connectivity index (χ2n) is 5.70. The van der Waals surface area contributed by atoms with Crippen LogP contribution in [0.2, 0.25) is 5.02 Å². The molecule has 0 bridgehead atoms. The van der Waals surface area contributed by atoms with Crippen LogP contribution in [-0.4, -0.2) is 18.4 Å². The van der Waals surface area contributed by atoms with Crippen molar-refractivity contribution in [1.29, 1.82) is 0 Å². The molecule has 1 aromatic heterocycles. The number of hydrogen-bond donors (Lipinski definition) is 2. The van der Waals surface area contributed by atoms with Crippen LogP contribution in [0.5, 0.6) is 0 Å². The maximum atomic E-state index is 12.7. The van der Waals surface area contributed by atoms with Crippen molar-refractivity contribution in [3.05, 3.63) is 77.0 Å². The van der Waals surface area contributed by atoms with Crippen LogP contribution < -0.4 is 10.6 Å². The molecule has 0 saturated carbocycles. The van der Waals surface area contributed by atoms with E-state index in [2.05, 4.69) is 17.2 Å². The van der Waals surface area contributed by atoms with Gasteiger partial charge in [-0.25, -0.2) is 0 Å². The molecule has 2 aromatic carbocycles. The molecule has 0 aliphatic carbocycles. The number of carbonyl (C=O) groups is 2. The Morgan fingerprint density at radius 3 is 2.73 bits per heavy atom. The predicted octanol–water partition coefficient (Wildman–Crippen LogP) is 4.56. The first-order chi connectivity index (χ1) is 12.5. The average Bonchev–Trinajstić information content (AvgIpc) is 2.96. The zero-order valence-corrected chi connectivity index (χ0v) is 14.9. The molecular formula is C20H17ClN2O3.